The van der Waals surface area contributed by atoms with E-state index in [2.05, 4.69) is 21.2 Å². The van der Waals surface area contributed by atoms with E-state index in [0.29, 0.717) is 39.2 Å². The smallest absolute Gasteiger partial charge is 0.329 e. The van der Waals surface area contributed by atoms with Gasteiger partial charge in [0.2, 0.25) is 0 Å². The zero-order valence-electron chi connectivity index (χ0n) is 18.3. The van der Waals surface area contributed by atoms with E-state index >= 15 is 0 Å². The lowest BCUT2D eigenvalue weighted by atomic mass is 10.2. The standard InChI is InChI=1S/C22H24Cl2N4O5/c1-4-13(2)26-21(30)22(31)28-25-11-14-5-6-18(19(7-14)32-3)33-12-20(29)27-17-9-15(23)8-16(24)10-17/h5-11,13H,4,12H2,1-3H3,(H,26,30)(H,27,29)(H,28,31)/b25-11-/t13-/m0/s1. The molecule has 0 aliphatic carbocycles. The molecule has 1 atom stereocenters. The fourth-order valence-electron chi connectivity index (χ4n) is 2.46. The number of benzene rings is 2. The number of hydrogen-bond donors (Lipinski definition) is 3. The lowest BCUT2D eigenvalue weighted by Crippen LogP contribution is -2.41. The summed E-state index contributed by atoms with van der Waals surface area (Å²) in [5.41, 5.74) is 3.17. The summed E-state index contributed by atoms with van der Waals surface area (Å²) in [6.45, 7) is 3.40. The normalized spacial score (nSPS) is 11.5. The molecule has 0 unspecified atom stereocenters. The number of nitrogens with one attached hydrogen (secondary N) is 3. The maximum Gasteiger partial charge on any atom is 0.329 e. The number of carbonyl (C=O) groups excluding carboxylic acids is 3. The van der Waals surface area contributed by atoms with Gasteiger partial charge in [0.25, 0.3) is 5.91 Å². The summed E-state index contributed by atoms with van der Waals surface area (Å²) < 4.78 is 10.8. The van der Waals surface area contributed by atoms with E-state index in [-0.39, 0.29) is 12.6 Å². The molecule has 0 heterocycles. The maximum absolute atomic E-state index is 12.2. The van der Waals surface area contributed by atoms with Crippen molar-refractivity contribution in [2.24, 2.45) is 5.10 Å². The van der Waals surface area contributed by atoms with Crippen LogP contribution in [0.2, 0.25) is 10.0 Å². The van der Waals surface area contributed by atoms with Crippen LogP contribution in [0, 0.1) is 0 Å². The Kier molecular flexibility index (Phi) is 9.96. The molecule has 0 radical (unpaired) electrons. The van der Waals surface area contributed by atoms with Crippen molar-refractivity contribution < 1.29 is 23.9 Å². The third-order valence-corrected chi connectivity index (χ3v) is 4.71. The average molecular weight is 495 g/mol. The molecule has 9 nitrogen and oxygen atoms in total. The van der Waals surface area contributed by atoms with Crippen LogP contribution in [0.25, 0.3) is 0 Å². The molecule has 0 bridgehead atoms. The summed E-state index contributed by atoms with van der Waals surface area (Å²) in [6.07, 6.45) is 2.05. The van der Waals surface area contributed by atoms with Gasteiger partial charge in [-0.25, -0.2) is 5.43 Å². The molecule has 0 aliphatic rings. The first-order chi connectivity index (χ1) is 15.7. The molecule has 176 valence electrons. The van der Waals surface area contributed by atoms with Gasteiger partial charge >= 0.3 is 11.8 Å². The highest BCUT2D eigenvalue weighted by Gasteiger charge is 2.14. The van der Waals surface area contributed by atoms with E-state index in [1.54, 1.807) is 43.3 Å². The minimum Gasteiger partial charge on any atom is -0.493 e. The van der Waals surface area contributed by atoms with E-state index in [9.17, 15) is 14.4 Å². The lowest BCUT2D eigenvalue weighted by molar-refractivity contribution is -0.139. The second kappa shape index (κ2) is 12.7. The van der Waals surface area contributed by atoms with E-state index < -0.39 is 17.7 Å². The van der Waals surface area contributed by atoms with E-state index in [4.69, 9.17) is 32.7 Å². The van der Waals surface area contributed by atoms with Gasteiger partial charge in [0, 0.05) is 21.8 Å². The first kappa shape index (κ1) is 26.0. The number of anilines is 1. The molecule has 33 heavy (non-hydrogen) atoms. The molecule has 3 amide bonds. The van der Waals surface area contributed by atoms with Gasteiger partial charge in [-0.2, -0.15) is 5.10 Å². The number of hydrogen-bond acceptors (Lipinski definition) is 6. The van der Waals surface area contributed by atoms with Crippen LogP contribution >= 0.6 is 23.2 Å². The Balaban J connectivity index is 1.93. The summed E-state index contributed by atoms with van der Waals surface area (Å²) in [5, 5.41) is 9.73. The molecule has 2 rings (SSSR count). The predicted octanol–water partition coefficient (Wildman–Crippen LogP) is 3.38. The fraction of sp³-hybridized carbons (Fsp3) is 0.273. The lowest BCUT2D eigenvalue weighted by Gasteiger charge is -2.12. The van der Waals surface area contributed by atoms with Crippen LogP contribution < -0.4 is 25.5 Å². The van der Waals surface area contributed by atoms with Crippen molar-refractivity contribution in [1.82, 2.24) is 10.7 Å². The van der Waals surface area contributed by atoms with Gasteiger partial charge in [0.05, 0.1) is 13.3 Å². The van der Waals surface area contributed by atoms with Gasteiger partial charge < -0.3 is 20.1 Å². The molecule has 0 spiro atoms. The summed E-state index contributed by atoms with van der Waals surface area (Å²) in [6, 6.07) is 9.38. The minimum absolute atomic E-state index is 0.116. The molecule has 0 saturated carbocycles. The van der Waals surface area contributed by atoms with Crippen LogP contribution in [0.3, 0.4) is 0 Å². The largest absolute Gasteiger partial charge is 0.493 e. The summed E-state index contributed by atoms with van der Waals surface area (Å²) in [5.74, 6) is -1.38. The third kappa shape index (κ3) is 8.63. The summed E-state index contributed by atoms with van der Waals surface area (Å²) in [7, 11) is 1.44. The summed E-state index contributed by atoms with van der Waals surface area (Å²) in [4.78, 5) is 35.6. The molecule has 0 aromatic heterocycles. The second-order valence-corrected chi connectivity index (χ2v) is 7.76. The molecule has 0 saturated heterocycles. The van der Waals surface area contributed by atoms with E-state index in [1.807, 2.05) is 6.92 Å². The molecular formula is C22H24Cl2N4O5. The Morgan fingerprint density at radius 1 is 1.06 bits per heavy atom. The average Bonchev–Trinajstić information content (AvgIpc) is 2.76. The zero-order valence-corrected chi connectivity index (χ0v) is 19.8. The van der Waals surface area contributed by atoms with Crippen LogP contribution in [0.1, 0.15) is 25.8 Å². The van der Waals surface area contributed by atoms with Crippen LogP contribution in [0.5, 0.6) is 11.5 Å². The van der Waals surface area contributed by atoms with Crippen molar-refractivity contribution >= 4 is 52.8 Å². The minimum atomic E-state index is -0.870. The van der Waals surface area contributed by atoms with Gasteiger partial charge in [-0.15, -0.1) is 0 Å². The highest BCUT2D eigenvalue weighted by molar-refractivity contribution is 6.35. The van der Waals surface area contributed by atoms with Crippen molar-refractivity contribution in [2.75, 3.05) is 19.0 Å². The molecular weight excluding hydrogens is 471 g/mol. The number of ether oxygens (including phenoxy) is 2. The second-order valence-electron chi connectivity index (χ2n) is 6.89. The van der Waals surface area contributed by atoms with Crippen molar-refractivity contribution in [3.8, 4) is 11.5 Å². The molecule has 0 aliphatic heterocycles. The van der Waals surface area contributed by atoms with Gasteiger partial charge in [0.15, 0.2) is 18.1 Å². The van der Waals surface area contributed by atoms with E-state index in [0.717, 1.165) is 0 Å². The van der Waals surface area contributed by atoms with Crippen LogP contribution in [-0.4, -0.2) is 43.7 Å². The number of nitrogens with zero attached hydrogens (tertiary/aromatic N) is 1. The van der Waals surface area contributed by atoms with Crippen LogP contribution in [0.4, 0.5) is 5.69 Å². The van der Waals surface area contributed by atoms with Gasteiger partial charge in [-0.05, 0) is 55.3 Å². The van der Waals surface area contributed by atoms with Gasteiger partial charge in [0.1, 0.15) is 0 Å². The van der Waals surface area contributed by atoms with Crippen molar-refractivity contribution in [2.45, 2.75) is 26.3 Å². The molecule has 11 heteroatoms. The first-order valence-electron chi connectivity index (χ1n) is 9.92. The zero-order chi connectivity index (χ0) is 24.4. The third-order valence-electron chi connectivity index (χ3n) is 4.27. The first-order valence-corrected chi connectivity index (χ1v) is 10.7. The topological polar surface area (TPSA) is 118 Å². The predicted molar refractivity (Wildman–Crippen MR) is 127 cm³/mol. The fourth-order valence-corrected chi connectivity index (χ4v) is 2.98. The number of methoxy groups -OCH3 is 1. The number of hydrazone groups is 1. The monoisotopic (exact) mass is 494 g/mol. The Hall–Kier alpha value is -3.30. The van der Waals surface area contributed by atoms with Crippen molar-refractivity contribution in [3.05, 3.63) is 52.0 Å². The van der Waals surface area contributed by atoms with Gasteiger partial charge in [-0.3, -0.25) is 14.4 Å². The molecule has 3 N–H and O–H groups in total. The number of rotatable bonds is 9. The maximum atomic E-state index is 12.2. The SMILES string of the molecule is CC[C@H](C)NC(=O)C(=O)N/N=C\c1ccc(OCC(=O)Nc2cc(Cl)cc(Cl)c2)c(OC)c1. The van der Waals surface area contributed by atoms with E-state index in [1.165, 1.54) is 13.3 Å². The highest BCUT2D eigenvalue weighted by atomic mass is 35.5. The summed E-state index contributed by atoms with van der Waals surface area (Å²) >= 11 is 11.8. The molecule has 2 aromatic rings. The number of amides is 3. The molecule has 2 aromatic carbocycles. The Morgan fingerprint density at radius 2 is 1.76 bits per heavy atom. The quantitative estimate of drug-likeness (QED) is 0.280. The van der Waals surface area contributed by atoms with Crippen molar-refractivity contribution in [3.63, 3.8) is 0 Å². The highest BCUT2D eigenvalue weighted by Crippen LogP contribution is 2.28. The van der Waals surface area contributed by atoms with Crippen LogP contribution in [-0.2, 0) is 14.4 Å². The number of halogens is 2. The Bertz CT molecular complexity index is 1030. The molecule has 0 fully saturated rings. The number of carbonyl (C=O) groups is 3. The Labute approximate surface area is 201 Å². The Morgan fingerprint density at radius 3 is 2.39 bits per heavy atom. The van der Waals surface area contributed by atoms with Gasteiger partial charge in [-0.1, -0.05) is 30.1 Å². The van der Waals surface area contributed by atoms with Crippen molar-refractivity contribution in [1.29, 1.82) is 0 Å². The van der Waals surface area contributed by atoms with Crippen LogP contribution in [0.15, 0.2) is 41.5 Å².